The molecule has 206 valence electrons. The first-order chi connectivity index (χ1) is 18.7. The van der Waals surface area contributed by atoms with Crippen LogP contribution in [0.3, 0.4) is 0 Å². The molecule has 1 atom stereocenters. The van der Waals surface area contributed by atoms with Crippen molar-refractivity contribution in [2.24, 2.45) is 0 Å². The van der Waals surface area contributed by atoms with E-state index in [1.165, 1.54) is 38.1 Å². The summed E-state index contributed by atoms with van der Waals surface area (Å²) in [4.78, 5) is 68.7. The molecule has 0 amide bonds. The average Bonchev–Trinajstić information content (AvgIpc) is 2.90. The van der Waals surface area contributed by atoms with Crippen molar-refractivity contribution in [3.05, 3.63) is 64.7 Å². The number of ether oxygens (including phenoxy) is 6. The molecule has 0 aliphatic heterocycles. The van der Waals surface area contributed by atoms with Gasteiger partial charge in [-0.2, -0.15) is 0 Å². The summed E-state index contributed by atoms with van der Waals surface area (Å²) in [6.07, 6.45) is 1.01. The number of hydrogen-bond acceptors (Lipinski definition) is 12. The third-order valence-electron chi connectivity index (χ3n) is 4.92. The topological polar surface area (TPSA) is 158 Å². The zero-order valence-corrected chi connectivity index (χ0v) is 21.4. The maximum absolute atomic E-state index is 12.5. The summed E-state index contributed by atoms with van der Waals surface area (Å²) >= 11 is 0. The Balaban J connectivity index is 2.20. The van der Waals surface area contributed by atoms with Crippen LogP contribution in [-0.2, 0) is 67.3 Å². The van der Waals surface area contributed by atoms with Crippen LogP contribution < -0.4 is 9.47 Å². The van der Waals surface area contributed by atoms with Gasteiger partial charge in [0.2, 0.25) is 6.10 Å². The molecule has 0 aromatic heterocycles. The van der Waals surface area contributed by atoms with Crippen LogP contribution in [0.2, 0.25) is 0 Å². The maximum Gasteiger partial charge on any atom is 0.347 e. The molecular formula is C27H26O12. The maximum atomic E-state index is 12.5. The third-order valence-corrected chi connectivity index (χ3v) is 4.92. The number of hydrogen-bond donors (Lipinski definition) is 0. The Morgan fingerprint density at radius 1 is 0.821 bits per heavy atom. The summed E-state index contributed by atoms with van der Waals surface area (Å²) in [5, 5.41) is 0. The van der Waals surface area contributed by atoms with E-state index in [4.69, 9.17) is 28.4 Å². The van der Waals surface area contributed by atoms with E-state index in [1.807, 2.05) is 0 Å². The summed E-state index contributed by atoms with van der Waals surface area (Å²) in [5.74, 6) is -3.04. The van der Waals surface area contributed by atoms with E-state index >= 15 is 0 Å². The van der Waals surface area contributed by atoms with Crippen LogP contribution in [0.15, 0.2) is 42.5 Å². The molecule has 0 aliphatic carbocycles. The van der Waals surface area contributed by atoms with Crippen molar-refractivity contribution in [1.29, 1.82) is 0 Å². The molecular weight excluding hydrogens is 516 g/mol. The second-order valence-corrected chi connectivity index (χ2v) is 7.80. The standard InChI is InChI=1S/C27H26O12/c1-17(30)37-23-8-5-20(11-24(23)38-18(2)31)12-25(27(33)34-3)39-26(32)9-6-19-4-7-21(13-35-15-28)22(10-19)14-36-16-29/h4-11,15-16,25H,12-14H2,1-3H3/b9-6+/t25-/m1/s1. The highest BCUT2D eigenvalue weighted by atomic mass is 16.6. The van der Waals surface area contributed by atoms with Gasteiger partial charge >= 0.3 is 23.9 Å². The van der Waals surface area contributed by atoms with E-state index in [0.717, 1.165) is 13.2 Å². The smallest absolute Gasteiger partial charge is 0.347 e. The summed E-state index contributed by atoms with van der Waals surface area (Å²) in [5.41, 5.74) is 2.10. The van der Waals surface area contributed by atoms with Crippen molar-refractivity contribution >= 4 is 42.9 Å². The Morgan fingerprint density at radius 2 is 1.46 bits per heavy atom. The molecule has 2 aromatic carbocycles. The van der Waals surface area contributed by atoms with Gasteiger partial charge in [0.1, 0.15) is 13.2 Å². The molecule has 0 bridgehead atoms. The van der Waals surface area contributed by atoms with Gasteiger partial charge in [0.25, 0.3) is 12.9 Å². The van der Waals surface area contributed by atoms with Crippen molar-refractivity contribution in [3.8, 4) is 11.5 Å². The first kappa shape index (κ1) is 30.2. The summed E-state index contributed by atoms with van der Waals surface area (Å²) in [6.45, 7) is 2.80. The average molecular weight is 542 g/mol. The fourth-order valence-electron chi connectivity index (χ4n) is 3.29. The SMILES string of the molecule is COC(=O)[C@@H](Cc1ccc(OC(C)=O)c(OC(C)=O)c1)OC(=O)/C=C/c1ccc(COC=O)c(COC=O)c1. The highest BCUT2D eigenvalue weighted by Crippen LogP contribution is 2.29. The van der Waals surface area contributed by atoms with Crippen molar-refractivity contribution in [3.63, 3.8) is 0 Å². The van der Waals surface area contributed by atoms with Gasteiger partial charge < -0.3 is 28.4 Å². The molecule has 12 nitrogen and oxygen atoms in total. The van der Waals surface area contributed by atoms with Crippen molar-refractivity contribution < 1.29 is 57.2 Å². The van der Waals surface area contributed by atoms with Crippen LogP contribution in [-0.4, -0.2) is 50.0 Å². The van der Waals surface area contributed by atoms with Crippen LogP contribution in [0.25, 0.3) is 6.08 Å². The molecule has 0 saturated heterocycles. The Bertz CT molecular complexity index is 1250. The molecule has 12 heteroatoms. The number of rotatable bonds is 14. The van der Waals surface area contributed by atoms with Gasteiger partial charge in [-0.05, 0) is 46.5 Å². The fourth-order valence-corrected chi connectivity index (χ4v) is 3.29. The van der Waals surface area contributed by atoms with E-state index in [9.17, 15) is 28.8 Å². The molecule has 2 rings (SSSR count). The molecule has 0 fully saturated rings. The van der Waals surface area contributed by atoms with Gasteiger partial charge in [-0.3, -0.25) is 19.2 Å². The lowest BCUT2D eigenvalue weighted by atomic mass is 10.0. The molecule has 2 aromatic rings. The second-order valence-electron chi connectivity index (χ2n) is 7.80. The van der Waals surface area contributed by atoms with Crippen molar-refractivity contribution in [1.82, 2.24) is 0 Å². The lowest BCUT2D eigenvalue weighted by molar-refractivity contribution is -0.162. The van der Waals surface area contributed by atoms with Crippen LogP contribution in [0, 0.1) is 0 Å². The predicted molar refractivity (Wildman–Crippen MR) is 132 cm³/mol. The second kappa shape index (κ2) is 15.3. The minimum atomic E-state index is -1.35. The molecule has 0 spiro atoms. The largest absolute Gasteiger partial charge is 0.466 e. The van der Waals surface area contributed by atoms with E-state index in [2.05, 4.69) is 0 Å². The number of esters is 4. The summed E-state index contributed by atoms with van der Waals surface area (Å²) < 4.78 is 29.7. The number of carbonyl (C=O) groups is 6. The first-order valence-corrected chi connectivity index (χ1v) is 11.3. The quantitative estimate of drug-likeness (QED) is 0.113. The van der Waals surface area contributed by atoms with Gasteiger partial charge in [-0.25, -0.2) is 9.59 Å². The highest BCUT2D eigenvalue weighted by molar-refractivity contribution is 5.89. The van der Waals surface area contributed by atoms with E-state index in [-0.39, 0.29) is 44.1 Å². The van der Waals surface area contributed by atoms with E-state index in [1.54, 1.807) is 18.2 Å². The third kappa shape index (κ3) is 10.1. The molecule has 0 unspecified atom stereocenters. The van der Waals surface area contributed by atoms with Crippen LogP contribution in [0.4, 0.5) is 0 Å². The zero-order valence-electron chi connectivity index (χ0n) is 21.4. The number of carbonyl (C=O) groups excluding carboxylic acids is 6. The molecule has 0 N–H and O–H groups in total. The van der Waals surface area contributed by atoms with Gasteiger partial charge in [0, 0.05) is 26.3 Å². The van der Waals surface area contributed by atoms with Crippen LogP contribution in [0.5, 0.6) is 11.5 Å². The minimum absolute atomic E-state index is 0.00218. The molecule has 0 heterocycles. The van der Waals surface area contributed by atoms with Gasteiger partial charge in [-0.1, -0.05) is 18.2 Å². The summed E-state index contributed by atoms with van der Waals surface area (Å²) in [6, 6.07) is 9.14. The van der Waals surface area contributed by atoms with Crippen LogP contribution in [0.1, 0.15) is 36.1 Å². The first-order valence-electron chi connectivity index (χ1n) is 11.3. The Hall–Kier alpha value is -5.00. The Labute approximate surface area is 223 Å². The van der Waals surface area contributed by atoms with Gasteiger partial charge in [-0.15, -0.1) is 0 Å². The minimum Gasteiger partial charge on any atom is -0.466 e. The molecule has 0 saturated carbocycles. The van der Waals surface area contributed by atoms with E-state index < -0.39 is 30.0 Å². The van der Waals surface area contributed by atoms with Crippen LogP contribution >= 0.6 is 0 Å². The summed E-state index contributed by atoms with van der Waals surface area (Å²) in [7, 11) is 1.13. The monoisotopic (exact) mass is 542 g/mol. The highest BCUT2D eigenvalue weighted by Gasteiger charge is 2.24. The predicted octanol–water partition coefficient (Wildman–Crippen LogP) is 2.22. The normalized spacial score (nSPS) is 11.2. The van der Waals surface area contributed by atoms with Crippen molar-refractivity contribution in [2.45, 2.75) is 39.6 Å². The van der Waals surface area contributed by atoms with Crippen molar-refractivity contribution in [2.75, 3.05) is 7.11 Å². The number of methoxy groups -OCH3 is 1. The molecule has 0 aliphatic rings. The zero-order chi connectivity index (χ0) is 28.8. The fraction of sp³-hybridized carbons (Fsp3) is 0.259. The van der Waals surface area contributed by atoms with Gasteiger partial charge in [0.15, 0.2) is 11.5 Å². The Kier molecular flexibility index (Phi) is 11.9. The Morgan fingerprint density at radius 3 is 2.08 bits per heavy atom. The molecule has 0 radical (unpaired) electrons. The lowest BCUT2D eigenvalue weighted by Crippen LogP contribution is -2.30. The van der Waals surface area contributed by atoms with E-state index in [0.29, 0.717) is 22.3 Å². The number of benzene rings is 2. The van der Waals surface area contributed by atoms with Gasteiger partial charge in [0.05, 0.1) is 7.11 Å². The lowest BCUT2D eigenvalue weighted by Gasteiger charge is -2.16. The molecule has 39 heavy (non-hydrogen) atoms.